The SMILES string of the molecule is C[C@H](NS(=O)(=O)c1ccc(Cl)cc1)C(=O)NCc1cc(F)ccc1Br. The second-order valence-corrected chi connectivity index (χ2v) is 8.26. The maximum atomic E-state index is 13.2. The highest BCUT2D eigenvalue weighted by Crippen LogP contribution is 2.18. The smallest absolute Gasteiger partial charge is 0.241 e. The van der Waals surface area contributed by atoms with E-state index in [0.717, 1.165) is 0 Å². The van der Waals surface area contributed by atoms with Crippen LogP contribution >= 0.6 is 27.5 Å². The predicted molar refractivity (Wildman–Crippen MR) is 97.2 cm³/mol. The van der Waals surface area contributed by atoms with Crippen molar-refractivity contribution >= 4 is 43.5 Å². The predicted octanol–water partition coefficient (Wildman–Crippen LogP) is 3.22. The van der Waals surface area contributed by atoms with Crippen LogP contribution in [0.3, 0.4) is 0 Å². The summed E-state index contributed by atoms with van der Waals surface area (Å²) in [6.07, 6.45) is 0. The number of carbonyl (C=O) groups is 1. The number of hydrogen-bond donors (Lipinski definition) is 2. The first-order valence-electron chi connectivity index (χ1n) is 7.18. The van der Waals surface area contributed by atoms with Gasteiger partial charge in [-0.1, -0.05) is 27.5 Å². The van der Waals surface area contributed by atoms with Crippen LogP contribution in [0.1, 0.15) is 12.5 Å². The Morgan fingerprint density at radius 1 is 1.24 bits per heavy atom. The number of sulfonamides is 1. The van der Waals surface area contributed by atoms with Gasteiger partial charge >= 0.3 is 0 Å². The number of carbonyl (C=O) groups excluding carboxylic acids is 1. The first kappa shape index (κ1) is 19.8. The summed E-state index contributed by atoms with van der Waals surface area (Å²) in [5.41, 5.74) is 0.543. The Morgan fingerprint density at radius 3 is 2.52 bits per heavy atom. The average molecular weight is 450 g/mol. The zero-order valence-corrected chi connectivity index (χ0v) is 16.3. The van der Waals surface area contributed by atoms with E-state index in [1.807, 2.05) is 0 Å². The fraction of sp³-hybridized carbons (Fsp3) is 0.188. The van der Waals surface area contributed by atoms with Crippen LogP contribution in [-0.2, 0) is 21.4 Å². The fourth-order valence-electron chi connectivity index (χ4n) is 1.98. The molecule has 0 aliphatic rings. The fourth-order valence-corrected chi connectivity index (χ4v) is 3.70. The standard InChI is InChI=1S/C16H15BrClFN2O3S/c1-10(21-25(23,24)14-5-2-12(18)3-6-14)16(22)20-9-11-8-13(19)4-7-15(11)17/h2-8,10,21H,9H2,1H3,(H,20,22)/t10-/m0/s1. The third-order valence-electron chi connectivity index (χ3n) is 3.31. The molecule has 0 aliphatic carbocycles. The Morgan fingerprint density at radius 2 is 1.88 bits per heavy atom. The number of amides is 1. The second kappa shape index (κ2) is 8.27. The lowest BCUT2D eigenvalue weighted by atomic mass is 10.2. The van der Waals surface area contributed by atoms with E-state index >= 15 is 0 Å². The molecule has 0 heterocycles. The summed E-state index contributed by atoms with van der Waals surface area (Å²) >= 11 is 8.99. The number of nitrogens with one attached hydrogen (secondary N) is 2. The zero-order chi connectivity index (χ0) is 18.6. The van der Waals surface area contributed by atoms with Gasteiger partial charge in [-0.2, -0.15) is 4.72 Å². The lowest BCUT2D eigenvalue weighted by Gasteiger charge is -2.15. The molecular weight excluding hydrogens is 435 g/mol. The van der Waals surface area contributed by atoms with E-state index in [0.29, 0.717) is 15.1 Å². The highest BCUT2D eigenvalue weighted by molar-refractivity contribution is 9.10. The maximum Gasteiger partial charge on any atom is 0.241 e. The summed E-state index contributed by atoms with van der Waals surface area (Å²) in [4.78, 5) is 12.1. The van der Waals surface area contributed by atoms with Crippen molar-refractivity contribution in [2.75, 3.05) is 0 Å². The van der Waals surface area contributed by atoms with Crippen molar-refractivity contribution in [2.24, 2.45) is 0 Å². The van der Waals surface area contributed by atoms with E-state index in [1.54, 1.807) is 0 Å². The molecule has 0 aliphatic heterocycles. The Balaban J connectivity index is 2.00. The molecule has 2 aromatic rings. The number of benzene rings is 2. The van der Waals surface area contributed by atoms with Crippen molar-refractivity contribution in [3.63, 3.8) is 0 Å². The Hall–Kier alpha value is -1.48. The number of halogens is 3. The molecule has 0 saturated carbocycles. The molecule has 0 aromatic heterocycles. The second-order valence-electron chi connectivity index (χ2n) is 5.25. The molecule has 0 saturated heterocycles. The van der Waals surface area contributed by atoms with Crippen molar-refractivity contribution in [3.05, 3.63) is 63.3 Å². The van der Waals surface area contributed by atoms with Gasteiger partial charge in [-0.15, -0.1) is 0 Å². The summed E-state index contributed by atoms with van der Waals surface area (Å²) in [5, 5.41) is 2.97. The van der Waals surface area contributed by atoms with Gasteiger partial charge in [-0.05, 0) is 55.0 Å². The molecule has 5 nitrogen and oxygen atoms in total. The maximum absolute atomic E-state index is 13.2. The minimum atomic E-state index is -3.86. The minimum absolute atomic E-state index is 0.00410. The van der Waals surface area contributed by atoms with Crippen molar-refractivity contribution < 1.29 is 17.6 Å². The van der Waals surface area contributed by atoms with Gasteiger partial charge in [0.1, 0.15) is 5.82 Å². The molecule has 0 radical (unpaired) electrons. The third-order valence-corrected chi connectivity index (χ3v) is 5.89. The molecule has 25 heavy (non-hydrogen) atoms. The summed E-state index contributed by atoms with van der Waals surface area (Å²) in [6.45, 7) is 1.48. The van der Waals surface area contributed by atoms with Crippen LogP contribution in [0.5, 0.6) is 0 Å². The molecule has 2 rings (SSSR count). The molecule has 2 N–H and O–H groups in total. The normalized spacial score (nSPS) is 12.6. The van der Waals surface area contributed by atoms with Gasteiger partial charge < -0.3 is 5.32 Å². The molecule has 2 aromatic carbocycles. The summed E-state index contributed by atoms with van der Waals surface area (Å²) in [5.74, 6) is -0.961. The van der Waals surface area contributed by atoms with E-state index < -0.39 is 27.8 Å². The zero-order valence-electron chi connectivity index (χ0n) is 13.1. The first-order chi connectivity index (χ1) is 11.7. The summed E-state index contributed by atoms with van der Waals surface area (Å²) in [6, 6.07) is 8.69. The molecule has 1 atom stereocenters. The van der Waals surface area contributed by atoms with Crippen LogP contribution in [0.25, 0.3) is 0 Å². The Kier molecular flexibility index (Phi) is 6.56. The van der Waals surface area contributed by atoms with Crippen LogP contribution in [0, 0.1) is 5.82 Å². The molecular formula is C16H15BrClFN2O3S. The van der Waals surface area contributed by atoms with Crippen LogP contribution in [0.4, 0.5) is 4.39 Å². The van der Waals surface area contributed by atoms with Crippen LogP contribution in [0.2, 0.25) is 5.02 Å². The lowest BCUT2D eigenvalue weighted by molar-refractivity contribution is -0.122. The Labute approximate surface area is 158 Å². The topological polar surface area (TPSA) is 75.3 Å². The van der Waals surface area contributed by atoms with Gasteiger partial charge in [0.25, 0.3) is 0 Å². The molecule has 9 heteroatoms. The van der Waals surface area contributed by atoms with Crippen molar-refractivity contribution in [3.8, 4) is 0 Å². The van der Waals surface area contributed by atoms with E-state index in [4.69, 9.17) is 11.6 Å². The first-order valence-corrected chi connectivity index (χ1v) is 9.84. The largest absolute Gasteiger partial charge is 0.351 e. The molecule has 134 valence electrons. The van der Waals surface area contributed by atoms with Crippen LogP contribution in [0.15, 0.2) is 51.8 Å². The van der Waals surface area contributed by atoms with Crippen molar-refractivity contribution in [2.45, 2.75) is 24.4 Å². The van der Waals surface area contributed by atoms with Crippen molar-refractivity contribution in [1.82, 2.24) is 10.0 Å². The molecule has 0 spiro atoms. The molecule has 0 unspecified atom stereocenters. The third kappa shape index (κ3) is 5.50. The van der Waals surface area contributed by atoms with Gasteiger partial charge in [0.15, 0.2) is 0 Å². The van der Waals surface area contributed by atoms with Crippen LogP contribution in [-0.4, -0.2) is 20.4 Å². The van der Waals surface area contributed by atoms with Gasteiger partial charge in [-0.25, -0.2) is 12.8 Å². The van der Waals surface area contributed by atoms with Crippen molar-refractivity contribution in [1.29, 1.82) is 0 Å². The quantitative estimate of drug-likeness (QED) is 0.711. The average Bonchev–Trinajstić information content (AvgIpc) is 2.55. The molecule has 1 amide bonds. The van der Waals surface area contributed by atoms with E-state index in [2.05, 4.69) is 26.0 Å². The monoisotopic (exact) mass is 448 g/mol. The van der Waals surface area contributed by atoms with Gasteiger partial charge in [-0.3, -0.25) is 4.79 Å². The number of rotatable bonds is 6. The van der Waals surface area contributed by atoms with E-state index in [1.165, 1.54) is 49.4 Å². The van der Waals surface area contributed by atoms with E-state index in [9.17, 15) is 17.6 Å². The van der Waals surface area contributed by atoms with Gasteiger partial charge in [0, 0.05) is 16.0 Å². The van der Waals surface area contributed by atoms with E-state index in [-0.39, 0.29) is 11.4 Å². The summed E-state index contributed by atoms with van der Waals surface area (Å²) in [7, 11) is -3.86. The Bertz CT molecular complexity index is 875. The molecule has 0 bridgehead atoms. The minimum Gasteiger partial charge on any atom is -0.351 e. The highest BCUT2D eigenvalue weighted by atomic mass is 79.9. The summed E-state index contributed by atoms with van der Waals surface area (Å²) < 4.78 is 40.6. The van der Waals surface area contributed by atoms with Crippen LogP contribution < -0.4 is 10.0 Å². The molecule has 0 fully saturated rings. The van der Waals surface area contributed by atoms with Gasteiger partial charge in [0.05, 0.1) is 10.9 Å². The lowest BCUT2D eigenvalue weighted by Crippen LogP contribution is -2.44. The van der Waals surface area contributed by atoms with Gasteiger partial charge in [0.2, 0.25) is 15.9 Å². The number of hydrogen-bond acceptors (Lipinski definition) is 3. The highest BCUT2D eigenvalue weighted by Gasteiger charge is 2.22.